The lowest BCUT2D eigenvalue weighted by Gasteiger charge is -2.37. The van der Waals surface area contributed by atoms with E-state index in [0.717, 1.165) is 13.1 Å². The van der Waals surface area contributed by atoms with Gasteiger partial charge in [0.2, 0.25) is 0 Å². The molecule has 1 rings (SSSR count). The Kier molecular flexibility index (Phi) is 4.56. The van der Waals surface area contributed by atoms with Gasteiger partial charge in [-0.25, -0.2) is 0 Å². The van der Waals surface area contributed by atoms with E-state index in [1.165, 1.54) is 19.5 Å². The number of hydrogen-bond acceptors (Lipinski definition) is 3. The number of hydrogen-bond donors (Lipinski definition) is 1. The minimum Gasteiger partial charge on any atom is -0.314 e. The molecule has 1 aliphatic heterocycles. The molecular formula is C12H27N3. The molecule has 0 aromatic rings. The molecule has 15 heavy (non-hydrogen) atoms. The fraction of sp³-hybridized carbons (Fsp3) is 1.00. The molecular weight excluding hydrogens is 186 g/mol. The van der Waals surface area contributed by atoms with Crippen molar-refractivity contribution in [1.82, 2.24) is 15.1 Å². The van der Waals surface area contributed by atoms with Gasteiger partial charge in [-0.05, 0) is 47.8 Å². The summed E-state index contributed by atoms with van der Waals surface area (Å²) in [7, 11) is 4.46. The maximum atomic E-state index is 3.47. The number of likely N-dealkylation sites (N-methyl/N-ethyl adjacent to an activating group) is 1. The largest absolute Gasteiger partial charge is 0.314 e. The van der Waals surface area contributed by atoms with Gasteiger partial charge >= 0.3 is 0 Å². The van der Waals surface area contributed by atoms with Crippen molar-refractivity contribution in [2.45, 2.75) is 38.8 Å². The van der Waals surface area contributed by atoms with E-state index in [1.807, 2.05) is 0 Å². The van der Waals surface area contributed by atoms with E-state index in [-0.39, 0.29) is 0 Å². The second kappa shape index (κ2) is 5.28. The fourth-order valence-corrected chi connectivity index (χ4v) is 1.86. The van der Waals surface area contributed by atoms with E-state index < -0.39 is 0 Å². The van der Waals surface area contributed by atoms with Crippen LogP contribution in [0.25, 0.3) is 0 Å². The average Bonchev–Trinajstić information content (AvgIpc) is 2.14. The minimum atomic E-state index is 0.292. The summed E-state index contributed by atoms with van der Waals surface area (Å²) in [5.41, 5.74) is 0.292. The van der Waals surface area contributed by atoms with Crippen LogP contribution in [-0.4, -0.2) is 61.7 Å². The van der Waals surface area contributed by atoms with Crippen LogP contribution in [0.1, 0.15) is 27.2 Å². The van der Waals surface area contributed by atoms with Crippen molar-refractivity contribution in [2.75, 3.05) is 40.3 Å². The van der Waals surface area contributed by atoms with Gasteiger partial charge < -0.3 is 15.1 Å². The molecule has 0 aliphatic carbocycles. The van der Waals surface area contributed by atoms with E-state index in [0.29, 0.717) is 11.6 Å². The molecule has 1 unspecified atom stereocenters. The van der Waals surface area contributed by atoms with Crippen molar-refractivity contribution in [3.8, 4) is 0 Å². The molecule has 1 heterocycles. The standard InChI is InChI=1S/C12H27N3/c1-12(2,3)15(5)8-6-11-10-13-7-9-14(11)4/h11,13H,6-10H2,1-5H3. The lowest BCUT2D eigenvalue weighted by Crippen LogP contribution is -2.51. The fourth-order valence-electron chi connectivity index (χ4n) is 1.86. The molecule has 0 amide bonds. The zero-order chi connectivity index (χ0) is 11.5. The van der Waals surface area contributed by atoms with Gasteiger partial charge in [-0.1, -0.05) is 0 Å². The van der Waals surface area contributed by atoms with Crippen molar-refractivity contribution >= 4 is 0 Å². The highest BCUT2D eigenvalue weighted by atomic mass is 15.2. The van der Waals surface area contributed by atoms with E-state index in [2.05, 4.69) is 50.0 Å². The lowest BCUT2D eigenvalue weighted by atomic mass is 10.0. The summed E-state index contributed by atoms with van der Waals surface area (Å²) in [4.78, 5) is 4.92. The van der Waals surface area contributed by atoms with Crippen molar-refractivity contribution in [3.05, 3.63) is 0 Å². The SMILES string of the molecule is CN1CCNCC1CCN(C)C(C)(C)C. The minimum absolute atomic E-state index is 0.292. The first-order chi connectivity index (χ1) is 6.91. The summed E-state index contributed by atoms with van der Waals surface area (Å²) in [6, 6.07) is 0.712. The molecule has 0 saturated carbocycles. The van der Waals surface area contributed by atoms with E-state index in [4.69, 9.17) is 0 Å². The molecule has 1 saturated heterocycles. The molecule has 0 bridgehead atoms. The van der Waals surface area contributed by atoms with E-state index in [1.54, 1.807) is 0 Å². The molecule has 3 heteroatoms. The Morgan fingerprint density at radius 2 is 2.07 bits per heavy atom. The van der Waals surface area contributed by atoms with Gasteiger partial charge in [0.05, 0.1) is 0 Å². The van der Waals surface area contributed by atoms with Gasteiger partial charge in [-0.2, -0.15) is 0 Å². The second-order valence-corrected chi connectivity index (χ2v) is 5.72. The number of piperazine rings is 1. The van der Waals surface area contributed by atoms with Crippen LogP contribution in [0.3, 0.4) is 0 Å². The zero-order valence-electron chi connectivity index (χ0n) is 11.0. The topological polar surface area (TPSA) is 18.5 Å². The Labute approximate surface area is 94.8 Å². The molecule has 0 spiro atoms. The maximum absolute atomic E-state index is 3.47. The lowest BCUT2D eigenvalue weighted by molar-refractivity contribution is 0.133. The monoisotopic (exact) mass is 213 g/mol. The number of rotatable bonds is 3. The normalized spacial score (nSPS) is 24.8. The van der Waals surface area contributed by atoms with Gasteiger partial charge in [-0.3, -0.25) is 0 Å². The van der Waals surface area contributed by atoms with Crippen LogP contribution in [-0.2, 0) is 0 Å². The molecule has 0 aromatic heterocycles. The molecule has 1 fully saturated rings. The highest BCUT2D eigenvalue weighted by molar-refractivity contribution is 4.80. The average molecular weight is 213 g/mol. The third kappa shape index (κ3) is 4.09. The first-order valence-corrected chi connectivity index (χ1v) is 6.03. The van der Waals surface area contributed by atoms with Crippen LogP contribution >= 0.6 is 0 Å². The zero-order valence-corrected chi connectivity index (χ0v) is 11.0. The predicted octanol–water partition coefficient (Wildman–Crippen LogP) is 1.01. The van der Waals surface area contributed by atoms with Crippen molar-refractivity contribution in [2.24, 2.45) is 0 Å². The Hall–Kier alpha value is -0.120. The summed E-state index contributed by atoms with van der Waals surface area (Å²) in [5, 5.41) is 3.47. The first-order valence-electron chi connectivity index (χ1n) is 6.03. The molecule has 0 radical (unpaired) electrons. The molecule has 1 atom stereocenters. The molecule has 0 aromatic carbocycles. The van der Waals surface area contributed by atoms with Crippen LogP contribution in [0.5, 0.6) is 0 Å². The molecule has 3 nitrogen and oxygen atoms in total. The molecule has 1 aliphatic rings. The number of nitrogens with zero attached hydrogens (tertiary/aromatic N) is 2. The smallest absolute Gasteiger partial charge is 0.0230 e. The molecule has 1 N–H and O–H groups in total. The van der Waals surface area contributed by atoms with Crippen molar-refractivity contribution in [3.63, 3.8) is 0 Å². The van der Waals surface area contributed by atoms with Gasteiger partial charge in [-0.15, -0.1) is 0 Å². The third-order valence-electron chi connectivity index (χ3n) is 3.59. The quantitative estimate of drug-likeness (QED) is 0.755. The first kappa shape index (κ1) is 12.9. The maximum Gasteiger partial charge on any atom is 0.0230 e. The van der Waals surface area contributed by atoms with Crippen LogP contribution in [0, 0.1) is 0 Å². The summed E-state index contributed by atoms with van der Waals surface area (Å²) in [5.74, 6) is 0. The summed E-state index contributed by atoms with van der Waals surface area (Å²) in [6.07, 6.45) is 1.26. The summed E-state index contributed by atoms with van der Waals surface area (Å²) in [6.45, 7) is 11.5. The van der Waals surface area contributed by atoms with Crippen molar-refractivity contribution in [1.29, 1.82) is 0 Å². The third-order valence-corrected chi connectivity index (χ3v) is 3.59. The molecule has 90 valence electrons. The van der Waals surface area contributed by atoms with Crippen molar-refractivity contribution < 1.29 is 0 Å². The van der Waals surface area contributed by atoms with Crippen LogP contribution in [0.15, 0.2) is 0 Å². The highest BCUT2D eigenvalue weighted by Crippen LogP contribution is 2.13. The van der Waals surface area contributed by atoms with Gasteiger partial charge in [0.15, 0.2) is 0 Å². The summed E-state index contributed by atoms with van der Waals surface area (Å²) >= 11 is 0. The predicted molar refractivity (Wildman–Crippen MR) is 66.3 cm³/mol. The van der Waals surface area contributed by atoms with Crippen LogP contribution in [0.4, 0.5) is 0 Å². The van der Waals surface area contributed by atoms with Gasteiger partial charge in [0.1, 0.15) is 0 Å². The van der Waals surface area contributed by atoms with E-state index >= 15 is 0 Å². The van der Waals surface area contributed by atoms with E-state index in [9.17, 15) is 0 Å². The second-order valence-electron chi connectivity index (χ2n) is 5.72. The van der Waals surface area contributed by atoms with Gasteiger partial charge in [0, 0.05) is 31.2 Å². The Balaban J connectivity index is 2.29. The highest BCUT2D eigenvalue weighted by Gasteiger charge is 2.21. The Morgan fingerprint density at radius 1 is 1.40 bits per heavy atom. The van der Waals surface area contributed by atoms with Gasteiger partial charge in [0.25, 0.3) is 0 Å². The Morgan fingerprint density at radius 3 is 2.60 bits per heavy atom. The Bertz CT molecular complexity index is 186. The number of nitrogens with one attached hydrogen (secondary N) is 1. The summed E-state index contributed by atoms with van der Waals surface area (Å²) < 4.78 is 0. The van der Waals surface area contributed by atoms with Crippen LogP contribution in [0.2, 0.25) is 0 Å². The van der Waals surface area contributed by atoms with Crippen LogP contribution < -0.4 is 5.32 Å².